The Bertz CT molecular complexity index is 276. The van der Waals surface area contributed by atoms with Gasteiger partial charge in [-0.15, -0.1) is 0 Å². The maximum Gasteiger partial charge on any atom is 0.336 e. The van der Waals surface area contributed by atoms with E-state index in [-0.39, 0.29) is 5.97 Å². The summed E-state index contributed by atoms with van der Waals surface area (Å²) in [5.74, 6) is -0.326. The highest BCUT2D eigenvalue weighted by Crippen LogP contribution is 2.30. The molecule has 1 N–H and O–H groups in total. The first-order chi connectivity index (χ1) is 8.13. The van der Waals surface area contributed by atoms with Gasteiger partial charge in [0.15, 0.2) is 6.10 Å². The van der Waals surface area contributed by atoms with Gasteiger partial charge in [0.25, 0.3) is 0 Å². The zero-order chi connectivity index (χ0) is 12.3. The Morgan fingerprint density at radius 3 is 2.88 bits per heavy atom. The van der Waals surface area contributed by atoms with Crippen molar-refractivity contribution in [3.63, 3.8) is 0 Å². The van der Waals surface area contributed by atoms with Crippen molar-refractivity contribution in [3.8, 4) is 0 Å². The van der Waals surface area contributed by atoms with Gasteiger partial charge >= 0.3 is 5.97 Å². The van der Waals surface area contributed by atoms with Crippen LogP contribution in [0.4, 0.5) is 0 Å². The van der Waals surface area contributed by atoms with Gasteiger partial charge in [-0.2, -0.15) is 0 Å². The molecule has 0 amide bonds. The van der Waals surface area contributed by atoms with E-state index in [2.05, 4.69) is 9.64 Å². The largest absolute Gasteiger partial charge is 0.467 e. The molecular weight excluding hydrogens is 222 g/mol. The van der Waals surface area contributed by atoms with Crippen LogP contribution in [0.2, 0.25) is 0 Å². The lowest BCUT2D eigenvalue weighted by molar-refractivity contribution is -0.161. The molecule has 0 aromatic heterocycles. The second-order valence-corrected chi connectivity index (χ2v) is 5.05. The number of nitrogens with zero attached hydrogens (tertiary/aromatic N) is 1. The molecule has 5 heteroatoms. The minimum absolute atomic E-state index is 0.326. The number of esters is 1. The number of carbonyl (C=O) groups is 1. The smallest absolute Gasteiger partial charge is 0.336 e. The van der Waals surface area contributed by atoms with Crippen molar-refractivity contribution in [3.05, 3.63) is 0 Å². The molecule has 0 aromatic carbocycles. The number of ether oxygens (including phenoxy) is 2. The summed E-state index contributed by atoms with van der Waals surface area (Å²) in [5.41, 5.74) is -0.558. The van der Waals surface area contributed by atoms with E-state index in [4.69, 9.17) is 4.74 Å². The van der Waals surface area contributed by atoms with Crippen LogP contribution in [0.25, 0.3) is 0 Å². The first-order valence-corrected chi connectivity index (χ1v) is 6.27. The zero-order valence-corrected chi connectivity index (χ0v) is 10.4. The number of aliphatic hydroxyl groups is 1. The molecule has 1 saturated carbocycles. The summed E-state index contributed by atoms with van der Waals surface area (Å²) in [4.78, 5) is 13.5. The second kappa shape index (κ2) is 5.33. The van der Waals surface area contributed by atoms with Crippen LogP contribution in [0.5, 0.6) is 0 Å². The van der Waals surface area contributed by atoms with Crippen LogP contribution in [0, 0.1) is 0 Å². The minimum atomic E-state index is -0.558. The third-order valence-corrected chi connectivity index (χ3v) is 3.67. The van der Waals surface area contributed by atoms with Crippen LogP contribution in [-0.2, 0) is 14.3 Å². The molecule has 1 heterocycles. The van der Waals surface area contributed by atoms with E-state index in [0.29, 0.717) is 19.7 Å². The molecule has 1 unspecified atom stereocenters. The van der Waals surface area contributed by atoms with Crippen LogP contribution >= 0.6 is 0 Å². The number of rotatable bonds is 3. The summed E-state index contributed by atoms with van der Waals surface area (Å²) in [6.07, 6.45) is 3.43. The third kappa shape index (κ3) is 3.18. The van der Waals surface area contributed by atoms with Gasteiger partial charge in [0.1, 0.15) is 0 Å². The van der Waals surface area contributed by atoms with Gasteiger partial charge in [-0.05, 0) is 12.8 Å². The fraction of sp³-hybridized carbons (Fsp3) is 0.917. The Hall–Kier alpha value is -0.650. The molecule has 1 saturated heterocycles. The number of morpholine rings is 1. The highest BCUT2D eigenvalue weighted by atomic mass is 16.6. The van der Waals surface area contributed by atoms with E-state index in [1.54, 1.807) is 0 Å². The van der Waals surface area contributed by atoms with Crippen molar-refractivity contribution >= 4 is 5.97 Å². The predicted octanol–water partition coefficient (Wildman–Crippen LogP) is 0.165. The van der Waals surface area contributed by atoms with Gasteiger partial charge in [0, 0.05) is 19.6 Å². The van der Waals surface area contributed by atoms with E-state index in [0.717, 1.165) is 32.2 Å². The Morgan fingerprint density at radius 2 is 2.24 bits per heavy atom. The molecule has 0 bridgehead atoms. The van der Waals surface area contributed by atoms with E-state index in [1.807, 2.05) is 0 Å². The highest BCUT2D eigenvalue weighted by Gasteiger charge is 2.36. The van der Waals surface area contributed by atoms with E-state index in [9.17, 15) is 9.90 Å². The summed E-state index contributed by atoms with van der Waals surface area (Å²) in [5, 5.41) is 10.3. The number of hydrogen-bond acceptors (Lipinski definition) is 5. The van der Waals surface area contributed by atoms with Crippen LogP contribution in [0.1, 0.15) is 25.7 Å². The topological polar surface area (TPSA) is 59.0 Å². The first-order valence-electron chi connectivity index (χ1n) is 6.27. The number of carbonyl (C=O) groups excluding carboxylic acids is 1. The van der Waals surface area contributed by atoms with Crippen molar-refractivity contribution in [1.29, 1.82) is 0 Å². The van der Waals surface area contributed by atoms with Gasteiger partial charge in [0.2, 0.25) is 0 Å². The standard InChI is InChI=1S/C12H21NO4/c1-16-11(14)10-8-13(6-7-17-10)9-12(15)4-2-3-5-12/h10,15H,2-9H2,1H3. The van der Waals surface area contributed by atoms with Crippen LogP contribution < -0.4 is 0 Å². The zero-order valence-electron chi connectivity index (χ0n) is 10.4. The third-order valence-electron chi connectivity index (χ3n) is 3.67. The van der Waals surface area contributed by atoms with E-state index < -0.39 is 11.7 Å². The predicted molar refractivity (Wildman–Crippen MR) is 61.6 cm³/mol. The average molecular weight is 243 g/mol. The van der Waals surface area contributed by atoms with E-state index >= 15 is 0 Å². The summed E-state index contributed by atoms with van der Waals surface area (Å²) >= 11 is 0. The molecule has 0 aromatic rings. The monoisotopic (exact) mass is 243 g/mol. The molecule has 0 radical (unpaired) electrons. The van der Waals surface area contributed by atoms with Crippen molar-refractivity contribution in [1.82, 2.24) is 4.90 Å². The summed E-state index contributed by atoms with van der Waals surface area (Å²) in [6, 6.07) is 0. The van der Waals surface area contributed by atoms with Crippen LogP contribution in [-0.4, -0.2) is 61.0 Å². The Morgan fingerprint density at radius 1 is 1.53 bits per heavy atom. The van der Waals surface area contributed by atoms with Gasteiger partial charge < -0.3 is 14.6 Å². The molecule has 2 rings (SSSR count). The molecule has 1 atom stereocenters. The van der Waals surface area contributed by atoms with Crippen LogP contribution in [0.15, 0.2) is 0 Å². The molecule has 98 valence electrons. The molecule has 17 heavy (non-hydrogen) atoms. The summed E-state index contributed by atoms with van der Waals surface area (Å²) in [6.45, 7) is 2.46. The number of β-amino-alcohol motifs (C(OH)–C–C–N with tert-alkyl or cyclic N) is 1. The maximum atomic E-state index is 11.4. The molecule has 2 fully saturated rings. The summed E-state index contributed by atoms with van der Waals surface area (Å²) in [7, 11) is 1.37. The van der Waals surface area contributed by atoms with Gasteiger partial charge in [0.05, 0.1) is 19.3 Å². The van der Waals surface area contributed by atoms with Crippen molar-refractivity contribution < 1.29 is 19.4 Å². The van der Waals surface area contributed by atoms with Crippen molar-refractivity contribution in [2.45, 2.75) is 37.4 Å². The molecule has 5 nitrogen and oxygen atoms in total. The second-order valence-electron chi connectivity index (χ2n) is 5.05. The van der Waals surface area contributed by atoms with Crippen molar-refractivity contribution in [2.24, 2.45) is 0 Å². The molecule has 0 spiro atoms. The Balaban J connectivity index is 1.86. The van der Waals surface area contributed by atoms with Crippen LogP contribution in [0.3, 0.4) is 0 Å². The van der Waals surface area contributed by atoms with Gasteiger partial charge in [-0.1, -0.05) is 12.8 Å². The molecule has 1 aliphatic carbocycles. The normalized spacial score (nSPS) is 29.2. The molecular formula is C12H21NO4. The van der Waals surface area contributed by atoms with Crippen molar-refractivity contribution in [2.75, 3.05) is 33.4 Å². The fourth-order valence-corrected chi connectivity index (χ4v) is 2.73. The highest BCUT2D eigenvalue weighted by molar-refractivity contribution is 5.74. The van der Waals surface area contributed by atoms with Gasteiger partial charge in [-0.25, -0.2) is 4.79 Å². The first kappa shape index (κ1) is 12.8. The molecule has 2 aliphatic rings. The quantitative estimate of drug-likeness (QED) is 0.716. The number of hydrogen-bond donors (Lipinski definition) is 1. The van der Waals surface area contributed by atoms with Gasteiger partial charge in [-0.3, -0.25) is 4.90 Å². The SMILES string of the molecule is COC(=O)C1CN(CC2(O)CCCC2)CCO1. The fourth-order valence-electron chi connectivity index (χ4n) is 2.73. The summed E-state index contributed by atoms with van der Waals surface area (Å²) < 4.78 is 10.0. The maximum absolute atomic E-state index is 11.4. The number of methoxy groups -OCH3 is 1. The lowest BCUT2D eigenvalue weighted by Gasteiger charge is -2.36. The Labute approximate surface area is 102 Å². The lowest BCUT2D eigenvalue weighted by Crippen LogP contribution is -2.51. The minimum Gasteiger partial charge on any atom is -0.467 e. The van der Waals surface area contributed by atoms with E-state index in [1.165, 1.54) is 7.11 Å². The lowest BCUT2D eigenvalue weighted by atomic mass is 10.0. The molecule has 1 aliphatic heterocycles. The Kier molecular flexibility index (Phi) is 4.01. The average Bonchev–Trinajstić information content (AvgIpc) is 2.75.